The zero-order valence-corrected chi connectivity index (χ0v) is 11.6. The maximum Gasteiger partial charge on any atom is 0.323 e. The molecule has 1 heterocycles. The van der Waals surface area contributed by atoms with E-state index in [4.69, 9.17) is 5.11 Å². The second kappa shape index (κ2) is 5.42. The zero-order chi connectivity index (χ0) is 13.9. The van der Waals surface area contributed by atoms with Crippen LogP contribution in [0.1, 0.15) is 34.1 Å². The fraction of sp³-hybridized carbons (Fsp3) is 0.692. The Morgan fingerprint density at radius 2 is 2.06 bits per heavy atom. The molecule has 2 amide bonds. The van der Waals surface area contributed by atoms with Crippen molar-refractivity contribution in [2.75, 3.05) is 19.6 Å². The van der Waals surface area contributed by atoms with Crippen LogP contribution in [0, 0.1) is 0 Å². The van der Waals surface area contributed by atoms with E-state index in [2.05, 4.69) is 6.08 Å². The Balaban J connectivity index is 2.83. The second-order valence-corrected chi connectivity index (χ2v) is 5.69. The van der Waals surface area contributed by atoms with E-state index in [1.54, 1.807) is 4.90 Å². The number of carboxylic acid groups (broad SMARTS) is 1. The van der Waals surface area contributed by atoms with Gasteiger partial charge in [-0.2, -0.15) is 0 Å². The molecule has 0 aromatic heterocycles. The van der Waals surface area contributed by atoms with Crippen molar-refractivity contribution >= 4 is 12.0 Å². The van der Waals surface area contributed by atoms with Gasteiger partial charge in [-0.25, -0.2) is 4.79 Å². The molecule has 0 spiro atoms. The van der Waals surface area contributed by atoms with Crippen molar-refractivity contribution in [1.82, 2.24) is 9.80 Å². The van der Waals surface area contributed by atoms with E-state index in [9.17, 15) is 9.59 Å². The number of aliphatic carboxylic acids is 1. The van der Waals surface area contributed by atoms with Crippen LogP contribution in [0.5, 0.6) is 0 Å². The molecule has 0 fully saturated rings. The lowest BCUT2D eigenvalue weighted by Gasteiger charge is -2.39. The highest BCUT2D eigenvalue weighted by Crippen LogP contribution is 2.18. The summed E-state index contributed by atoms with van der Waals surface area (Å²) in [5.41, 5.74) is 0.656. The molecule has 5 nitrogen and oxygen atoms in total. The Morgan fingerprint density at radius 3 is 2.50 bits per heavy atom. The number of carbonyl (C=O) groups excluding carboxylic acids is 1. The molecule has 0 bridgehead atoms. The molecular weight excluding hydrogens is 232 g/mol. The van der Waals surface area contributed by atoms with Gasteiger partial charge in [-0.3, -0.25) is 4.79 Å². The highest BCUT2D eigenvalue weighted by atomic mass is 16.4. The molecule has 1 N–H and O–H groups in total. The normalized spacial score (nSPS) is 16.2. The van der Waals surface area contributed by atoms with Crippen LogP contribution in [0.3, 0.4) is 0 Å². The summed E-state index contributed by atoms with van der Waals surface area (Å²) in [7, 11) is 0. The highest BCUT2D eigenvalue weighted by molar-refractivity contribution is 5.81. The highest BCUT2D eigenvalue weighted by Gasteiger charge is 2.32. The molecule has 18 heavy (non-hydrogen) atoms. The Labute approximate surface area is 108 Å². The smallest absolute Gasteiger partial charge is 0.323 e. The number of urea groups is 1. The Hall–Kier alpha value is -1.52. The van der Waals surface area contributed by atoms with Crippen molar-refractivity contribution in [3.8, 4) is 0 Å². The number of carboxylic acids is 1. The largest absolute Gasteiger partial charge is 0.480 e. The lowest BCUT2D eigenvalue weighted by atomic mass is 10.1. The summed E-state index contributed by atoms with van der Waals surface area (Å²) in [5, 5.41) is 8.92. The lowest BCUT2D eigenvalue weighted by Crippen LogP contribution is -2.54. The first kappa shape index (κ1) is 14.5. The van der Waals surface area contributed by atoms with Crippen LogP contribution in [0.15, 0.2) is 11.6 Å². The monoisotopic (exact) mass is 254 g/mol. The van der Waals surface area contributed by atoms with Gasteiger partial charge >= 0.3 is 12.0 Å². The van der Waals surface area contributed by atoms with Crippen molar-refractivity contribution < 1.29 is 14.7 Å². The number of rotatable bonds is 2. The predicted molar refractivity (Wildman–Crippen MR) is 69.4 cm³/mol. The summed E-state index contributed by atoms with van der Waals surface area (Å²) in [6.07, 6.45) is 2.95. The third kappa shape index (κ3) is 3.75. The van der Waals surface area contributed by atoms with Gasteiger partial charge in [-0.05, 0) is 34.1 Å². The molecule has 0 saturated carbocycles. The summed E-state index contributed by atoms with van der Waals surface area (Å²) in [4.78, 5) is 26.4. The minimum Gasteiger partial charge on any atom is -0.480 e. The molecule has 1 aliphatic rings. The minimum atomic E-state index is -0.984. The molecule has 1 rings (SSSR count). The van der Waals surface area contributed by atoms with Gasteiger partial charge in [0.05, 0.1) is 0 Å². The summed E-state index contributed by atoms with van der Waals surface area (Å²) < 4.78 is 0. The second-order valence-electron chi connectivity index (χ2n) is 5.69. The van der Waals surface area contributed by atoms with E-state index >= 15 is 0 Å². The van der Waals surface area contributed by atoms with Gasteiger partial charge in [-0.15, -0.1) is 0 Å². The van der Waals surface area contributed by atoms with E-state index in [-0.39, 0.29) is 12.6 Å². The maximum absolute atomic E-state index is 12.4. The zero-order valence-electron chi connectivity index (χ0n) is 11.6. The van der Waals surface area contributed by atoms with Crippen LogP contribution < -0.4 is 0 Å². The Bertz CT molecular complexity index is 369. The van der Waals surface area contributed by atoms with Gasteiger partial charge in [0.25, 0.3) is 0 Å². The van der Waals surface area contributed by atoms with E-state index < -0.39 is 11.5 Å². The van der Waals surface area contributed by atoms with Gasteiger partial charge in [0.2, 0.25) is 0 Å². The summed E-state index contributed by atoms with van der Waals surface area (Å²) in [6, 6.07) is -0.197. The predicted octanol–water partition coefficient (Wildman–Crippen LogP) is 1.94. The molecule has 0 aromatic carbocycles. The van der Waals surface area contributed by atoms with Crippen LogP contribution in [-0.4, -0.2) is 52.1 Å². The molecule has 0 aliphatic carbocycles. The summed E-state index contributed by atoms with van der Waals surface area (Å²) in [6.45, 7) is 8.51. The van der Waals surface area contributed by atoms with Crippen molar-refractivity contribution in [1.29, 1.82) is 0 Å². The van der Waals surface area contributed by atoms with Crippen molar-refractivity contribution in [2.45, 2.75) is 39.7 Å². The van der Waals surface area contributed by atoms with Crippen LogP contribution in [0.4, 0.5) is 4.79 Å². The first-order chi connectivity index (χ1) is 8.21. The summed E-state index contributed by atoms with van der Waals surface area (Å²) >= 11 is 0. The first-order valence-electron chi connectivity index (χ1n) is 6.16. The van der Waals surface area contributed by atoms with Gasteiger partial charge in [0.15, 0.2) is 0 Å². The maximum atomic E-state index is 12.4. The molecule has 102 valence electrons. The fourth-order valence-corrected chi connectivity index (χ4v) is 1.97. The van der Waals surface area contributed by atoms with Crippen LogP contribution >= 0.6 is 0 Å². The molecule has 0 atom stereocenters. The molecular formula is C13H22N2O3. The van der Waals surface area contributed by atoms with Crippen molar-refractivity contribution in [2.24, 2.45) is 0 Å². The third-order valence-corrected chi connectivity index (χ3v) is 2.94. The number of nitrogens with zero attached hydrogens (tertiary/aromatic N) is 2. The molecule has 0 saturated heterocycles. The van der Waals surface area contributed by atoms with Gasteiger partial charge in [0, 0.05) is 18.6 Å². The average molecular weight is 254 g/mol. The quantitative estimate of drug-likeness (QED) is 0.766. The number of carbonyl (C=O) groups is 2. The Kier molecular flexibility index (Phi) is 4.38. The van der Waals surface area contributed by atoms with Crippen molar-refractivity contribution in [3.63, 3.8) is 0 Å². The summed E-state index contributed by atoms with van der Waals surface area (Å²) in [5.74, 6) is -0.984. The van der Waals surface area contributed by atoms with Gasteiger partial charge < -0.3 is 14.9 Å². The lowest BCUT2D eigenvalue weighted by molar-refractivity contribution is -0.138. The number of hydrogen-bond acceptors (Lipinski definition) is 2. The van der Waals surface area contributed by atoms with E-state index in [0.717, 1.165) is 12.0 Å². The Morgan fingerprint density at radius 1 is 1.44 bits per heavy atom. The topological polar surface area (TPSA) is 60.9 Å². The SMILES string of the molecule is CC1=CCCN(C(=O)N(CC(=O)O)C(C)(C)C)C1. The number of amides is 2. The molecule has 5 heteroatoms. The van der Waals surface area contributed by atoms with Gasteiger partial charge in [0.1, 0.15) is 6.54 Å². The minimum absolute atomic E-state index is 0.197. The number of hydrogen-bond donors (Lipinski definition) is 1. The third-order valence-electron chi connectivity index (χ3n) is 2.94. The first-order valence-corrected chi connectivity index (χ1v) is 6.16. The molecule has 1 aliphatic heterocycles. The van der Waals surface area contributed by atoms with E-state index in [1.165, 1.54) is 4.90 Å². The molecule has 0 radical (unpaired) electrons. The standard InChI is InChI=1S/C13H22N2O3/c1-10-6-5-7-14(8-10)12(18)15(9-11(16)17)13(2,3)4/h6H,5,7-9H2,1-4H3,(H,16,17). The molecule has 0 aromatic rings. The van der Waals surface area contributed by atoms with Crippen LogP contribution in [0.2, 0.25) is 0 Å². The molecule has 0 unspecified atom stereocenters. The van der Waals surface area contributed by atoms with Crippen molar-refractivity contribution in [3.05, 3.63) is 11.6 Å². The van der Waals surface area contributed by atoms with Gasteiger partial charge in [-0.1, -0.05) is 11.6 Å². The van der Waals surface area contributed by atoms with Crippen LogP contribution in [0.25, 0.3) is 0 Å². The van der Waals surface area contributed by atoms with E-state index in [0.29, 0.717) is 13.1 Å². The van der Waals surface area contributed by atoms with E-state index in [1.807, 2.05) is 27.7 Å². The average Bonchev–Trinajstić information content (AvgIpc) is 2.23. The van der Waals surface area contributed by atoms with Crippen LogP contribution in [-0.2, 0) is 4.79 Å². The fourth-order valence-electron chi connectivity index (χ4n) is 1.97.